The first-order valence-electron chi connectivity index (χ1n) is 14.2. The van der Waals surface area contributed by atoms with Crippen molar-refractivity contribution in [3.63, 3.8) is 0 Å². The molecule has 0 bridgehead atoms. The van der Waals surface area contributed by atoms with Gasteiger partial charge < -0.3 is 24.1 Å². The zero-order valence-electron chi connectivity index (χ0n) is 23.2. The monoisotopic (exact) mass is 579 g/mol. The van der Waals surface area contributed by atoms with Gasteiger partial charge >= 0.3 is 6.18 Å². The summed E-state index contributed by atoms with van der Waals surface area (Å²) in [4.78, 5) is 42.4. The quantitative estimate of drug-likeness (QED) is 0.482. The maximum Gasteiger partial charge on any atom is 0.391 e. The van der Waals surface area contributed by atoms with Crippen LogP contribution >= 0.6 is 0 Å². The molecule has 224 valence electrons. The summed E-state index contributed by atoms with van der Waals surface area (Å²) in [5.41, 5.74) is 0.472. The average Bonchev–Trinajstić information content (AvgIpc) is 3.63. The van der Waals surface area contributed by atoms with Gasteiger partial charge in [-0.2, -0.15) is 13.2 Å². The molecule has 1 aromatic heterocycles. The van der Waals surface area contributed by atoms with Crippen molar-refractivity contribution in [3.05, 3.63) is 30.0 Å². The number of benzene rings is 1. The molecule has 3 aliphatic rings. The fourth-order valence-electron chi connectivity index (χ4n) is 5.96. The number of alkyl halides is 3. The lowest BCUT2D eigenvalue weighted by molar-refractivity contribution is -0.185. The second-order valence-electron chi connectivity index (χ2n) is 11.6. The largest absolute Gasteiger partial charge is 0.492 e. The fourth-order valence-corrected chi connectivity index (χ4v) is 5.96. The first kappa shape index (κ1) is 29.4. The summed E-state index contributed by atoms with van der Waals surface area (Å²) in [6.45, 7) is 5.93. The highest BCUT2D eigenvalue weighted by Gasteiger charge is 2.48. The third-order valence-corrected chi connectivity index (χ3v) is 8.14. The summed E-state index contributed by atoms with van der Waals surface area (Å²) >= 11 is 0. The molecule has 3 atom stereocenters. The number of fused-ring (bicyclic) bond motifs is 2. The molecule has 3 fully saturated rings. The van der Waals surface area contributed by atoms with Crippen LogP contribution in [0.5, 0.6) is 5.75 Å². The lowest BCUT2D eigenvalue weighted by atomic mass is 9.96. The Balaban J connectivity index is 1.18. The van der Waals surface area contributed by atoms with Crippen LogP contribution in [0, 0.1) is 11.8 Å². The van der Waals surface area contributed by atoms with Crippen molar-refractivity contribution < 1.29 is 41.4 Å². The van der Waals surface area contributed by atoms with E-state index in [-0.39, 0.29) is 48.9 Å². The standard InChI is InChI=1S/C29H36F3N3O6/c1-17(2)13-21(28(38)35-10-7-24-26(35)22(36)16-40-24)33-27(37)25-15-18-14-20(3-4-23(18)41-25)39-12-11-34-8-5-19(6-9-34)29(30,31)32/h3-4,14-15,17,19,21,24,26H,5-13,16H2,1-2H3,(H,33,37)/t21-,24+,26+/m0/s1. The van der Waals surface area contributed by atoms with Crippen molar-refractivity contribution in [1.82, 2.24) is 15.1 Å². The molecule has 9 nitrogen and oxygen atoms in total. The normalized spacial score (nSPS) is 22.9. The molecule has 12 heteroatoms. The van der Waals surface area contributed by atoms with Gasteiger partial charge in [-0.3, -0.25) is 19.3 Å². The second-order valence-corrected chi connectivity index (χ2v) is 11.6. The van der Waals surface area contributed by atoms with Crippen LogP contribution in [-0.4, -0.2) is 91.2 Å². The zero-order valence-corrected chi connectivity index (χ0v) is 23.2. The molecule has 1 N–H and O–H groups in total. The van der Waals surface area contributed by atoms with Gasteiger partial charge in [-0.25, -0.2) is 0 Å². The van der Waals surface area contributed by atoms with Gasteiger partial charge in [0.1, 0.15) is 36.6 Å². The highest BCUT2D eigenvalue weighted by Crippen LogP contribution is 2.34. The Bertz CT molecular complexity index is 1270. The molecule has 1 aromatic carbocycles. The smallest absolute Gasteiger partial charge is 0.391 e. The highest BCUT2D eigenvalue weighted by atomic mass is 19.4. The Morgan fingerprint density at radius 3 is 2.59 bits per heavy atom. The molecule has 4 heterocycles. The van der Waals surface area contributed by atoms with Gasteiger partial charge in [0, 0.05) is 18.5 Å². The van der Waals surface area contributed by atoms with Crippen molar-refractivity contribution in [2.24, 2.45) is 11.8 Å². The first-order chi connectivity index (χ1) is 19.5. The van der Waals surface area contributed by atoms with Crippen LogP contribution in [0.25, 0.3) is 11.0 Å². The maximum absolute atomic E-state index is 13.4. The number of hydrogen-bond acceptors (Lipinski definition) is 7. The molecule has 0 radical (unpaired) electrons. The van der Waals surface area contributed by atoms with E-state index in [1.54, 1.807) is 24.3 Å². The van der Waals surface area contributed by atoms with Crippen LogP contribution in [-0.2, 0) is 14.3 Å². The number of furan rings is 1. The van der Waals surface area contributed by atoms with Crippen LogP contribution in [0.4, 0.5) is 13.2 Å². The molecule has 5 rings (SSSR count). The van der Waals surface area contributed by atoms with Crippen molar-refractivity contribution in [2.75, 3.05) is 39.4 Å². The van der Waals surface area contributed by atoms with Crippen molar-refractivity contribution >= 4 is 28.6 Å². The van der Waals surface area contributed by atoms with E-state index in [0.717, 1.165) is 0 Å². The van der Waals surface area contributed by atoms with E-state index < -0.39 is 30.1 Å². The van der Waals surface area contributed by atoms with E-state index in [4.69, 9.17) is 13.9 Å². The molecule has 0 unspecified atom stereocenters. The van der Waals surface area contributed by atoms with Gasteiger partial charge in [0.05, 0.1) is 12.0 Å². The summed E-state index contributed by atoms with van der Waals surface area (Å²) in [5.74, 6) is -1.46. The number of ketones is 1. The Kier molecular flexibility index (Phi) is 8.60. The number of amides is 2. The number of carbonyl (C=O) groups excluding carboxylic acids is 3. The molecule has 41 heavy (non-hydrogen) atoms. The summed E-state index contributed by atoms with van der Waals surface area (Å²) in [6, 6.07) is 5.30. The minimum atomic E-state index is -4.13. The summed E-state index contributed by atoms with van der Waals surface area (Å²) in [7, 11) is 0. The average molecular weight is 580 g/mol. The molecule has 3 aliphatic heterocycles. The molecule has 0 aliphatic carbocycles. The van der Waals surface area contributed by atoms with Gasteiger partial charge in [-0.1, -0.05) is 13.8 Å². The number of ether oxygens (including phenoxy) is 2. The zero-order chi connectivity index (χ0) is 29.3. The second kappa shape index (κ2) is 12.0. The summed E-state index contributed by atoms with van der Waals surface area (Å²) < 4.78 is 55.7. The summed E-state index contributed by atoms with van der Waals surface area (Å²) in [6.07, 6.45) is -3.22. The number of nitrogens with one attached hydrogen (secondary N) is 1. The third kappa shape index (κ3) is 6.69. The van der Waals surface area contributed by atoms with Gasteiger partial charge in [0.15, 0.2) is 11.5 Å². The van der Waals surface area contributed by atoms with Crippen LogP contribution in [0.3, 0.4) is 0 Å². The number of Topliss-reactive ketones (excluding diaryl/α,β-unsaturated/α-hetero) is 1. The Hall–Kier alpha value is -3.12. The Labute approximate surface area is 236 Å². The van der Waals surface area contributed by atoms with Crippen molar-refractivity contribution in [1.29, 1.82) is 0 Å². The van der Waals surface area contributed by atoms with Crippen molar-refractivity contribution in [3.8, 4) is 5.75 Å². The minimum absolute atomic E-state index is 0.00560. The van der Waals surface area contributed by atoms with Gasteiger partial charge in [0.2, 0.25) is 5.91 Å². The molecule has 0 saturated carbocycles. The first-order valence-corrected chi connectivity index (χ1v) is 14.2. The summed E-state index contributed by atoms with van der Waals surface area (Å²) in [5, 5.41) is 3.45. The maximum atomic E-state index is 13.4. The third-order valence-electron chi connectivity index (χ3n) is 8.14. The van der Waals surface area contributed by atoms with E-state index in [1.165, 1.54) is 4.90 Å². The number of piperidine rings is 1. The van der Waals surface area contributed by atoms with Crippen LogP contribution < -0.4 is 10.1 Å². The van der Waals surface area contributed by atoms with E-state index in [9.17, 15) is 27.6 Å². The number of likely N-dealkylation sites (tertiary alicyclic amines) is 2. The molecule has 0 spiro atoms. The number of hydrogen-bond donors (Lipinski definition) is 1. The molecule has 2 aromatic rings. The van der Waals surface area contributed by atoms with Gasteiger partial charge in [-0.15, -0.1) is 0 Å². The molecular formula is C29H36F3N3O6. The van der Waals surface area contributed by atoms with Gasteiger partial charge in [0.25, 0.3) is 5.91 Å². The van der Waals surface area contributed by atoms with E-state index in [0.29, 0.717) is 62.3 Å². The molecule has 2 amide bonds. The highest BCUT2D eigenvalue weighted by molar-refractivity contribution is 6.00. The Morgan fingerprint density at radius 1 is 1.12 bits per heavy atom. The topological polar surface area (TPSA) is 101 Å². The minimum Gasteiger partial charge on any atom is -0.492 e. The fraction of sp³-hybridized carbons (Fsp3) is 0.621. The van der Waals surface area contributed by atoms with E-state index in [1.807, 2.05) is 18.7 Å². The molecule has 3 saturated heterocycles. The molecular weight excluding hydrogens is 543 g/mol. The van der Waals surface area contributed by atoms with Crippen LogP contribution in [0.15, 0.2) is 28.7 Å². The lowest BCUT2D eigenvalue weighted by Gasteiger charge is -2.32. The lowest BCUT2D eigenvalue weighted by Crippen LogP contribution is -2.52. The van der Waals surface area contributed by atoms with Gasteiger partial charge in [-0.05, 0) is 69.0 Å². The Morgan fingerprint density at radius 2 is 1.88 bits per heavy atom. The number of carbonyl (C=O) groups is 3. The number of rotatable bonds is 9. The number of halogens is 3. The predicted molar refractivity (Wildman–Crippen MR) is 143 cm³/mol. The van der Waals surface area contributed by atoms with E-state index in [2.05, 4.69) is 5.32 Å². The number of nitrogens with zero attached hydrogens (tertiary/aromatic N) is 2. The SMILES string of the molecule is CC(C)C[C@H](NC(=O)c1cc2cc(OCCN3CCC(C(F)(F)F)CC3)ccc2o1)C(=O)N1CC[C@H]2OCC(=O)[C@H]21. The van der Waals surface area contributed by atoms with Crippen LogP contribution in [0.2, 0.25) is 0 Å². The van der Waals surface area contributed by atoms with Crippen LogP contribution in [0.1, 0.15) is 50.1 Å². The predicted octanol–water partition coefficient (Wildman–Crippen LogP) is 3.80. The van der Waals surface area contributed by atoms with Crippen molar-refractivity contribution in [2.45, 2.75) is 63.9 Å². The van der Waals surface area contributed by atoms with E-state index >= 15 is 0 Å².